The number of alkyl halides is 4. The third-order valence-electron chi connectivity index (χ3n) is 5.07. The van der Waals surface area contributed by atoms with E-state index >= 15 is 0 Å². The molecule has 0 spiro atoms. The molecule has 3 rings (SSSR count). The first-order chi connectivity index (χ1) is 10.8. The molecule has 4 atom stereocenters. The molecule has 2 bridgehead atoms. The number of fused-ring (bicyclic) bond motifs is 2. The minimum Gasteiger partial charge on any atom is -0.691 e. The van der Waals surface area contributed by atoms with Gasteiger partial charge in [0.1, 0.15) is 0 Å². The number of carbonyl (C=O) groups excluding carboxylic acids is 2. The Balaban J connectivity index is 2.20. The molecule has 0 aromatic heterocycles. The summed E-state index contributed by atoms with van der Waals surface area (Å²) in [5, 5.41) is 7.64. The Morgan fingerprint density at radius 1 is 1.29 bits per heavy atom. The number of hydrogen-bond donors (Lipinski definition) is 0. The van der Waals surface area contributed by atoms with Gasteiger partial charge < -0.3 is 9.99 Å². The fraction of sp³-hybridized carbons (Fsp3) is 0.846. The zero-order chi connectivity index (χ0) is 18.6. The van der Waals surface area contributed by atoms with Crippen molar-refractivity contribution >= 4 is 23.8 Å². The molecule has 0 aromatic carbocycles. The van der Waals surface area contributed by atoms with Gasteiger partial charge in [-0.2, -0.15) is 17.5 Å². The van der Waals surface area contributed by atoms with E-state index in [4.69, 9.17) is 0 Å². The first-order valence-corrected chi connectivity index (χ1v) is 7.71. The van der Waals surface area contributed by atoms with Crippen molar-refractivity contribution in [2.45, 2.75) is 50.4 Å². The molecule has 0 radical (unpaired) electrons. The van der Waals surface area contributed by atoms with Gasteiger partial charge in [0.05, 0.1) is 12.0 Å². The molecule has 3 saturated carbocycles. The number of ketones is 1. The first-order valence-electron chi connectivity index (χ1n) is 6.97. The summed E-state index contributed by atoms with van der Waals surface area (Å²) in [4.78, 5) is 24.2. The van der Waals surface area contributed by atoms with Gasteiger partial charge in [0.2, 0.25) is 0 Å². The second kappa shape index (κ2) is 5.82. The van der Waals surface area contributed by atoms with Crippen molar-refractivity contribution in [1.29, 1.82) is 0 Å². The van der Waals surface area contributed by atoms with Crippen LogP contribution >= 0.6 is 12.0 Å². The molecule has 0 N–H and O–H groups in total. The lowest BCUT2D eigenvalue weighted by Crippen LogP contribution is -2.65. The molecule has 3 aliphatic carbocycles. The predicted octanol–water partition coefficient (Wildman–Crippen LogP) is 2.02. The van der Waals surface area contributed by atoms with E-state index < -0.39 is 46.5 Å². The van der Waals surface area contributed by atoms with Crippen LogP contribution in [-0.2, 0) is 23.7 Å². The number of esters is 1. The molecule has 0 aromatic rings. The fourth-order valence-corrected chi connectivity index (χ4v) is 3.69. The maximum absolute atomic E-state index is 14.1. The maximum Gasteiger partial charge on any atom is 0.446 e. The summed E-state index contributed by atoms with van der Waals surface area (Å²) in [6, 6.07) is 0. The number of carbonyl (C=O) groups is 2. The lowest BCUT2D eigenvalue weighted by atomic mass is 9.45. The maximum atomic E-state index is 14.1. The van der Waals surface area contributed by atoms with E-state index in [1.54, 1.807) is 0 Å². The van der Waals surface area contributed by atoms with Crippen molar-refractivity contribution in [2.24, 2.45) is 17.3 Å². The van der Waals surface area contributed by atoms with Crippen LogP contribution in [0.1, 0.15) is 33.6 Å². The van der Waals surface area contributed by atoms with Gasteiger partial charge in [-0.05, 0) is 31.1 Å². The minimum atomic E-state index is -5.75. The Morgan fingerprint density at radius 2 is 1.88 bits per heavy atom. The highest BCUT2D eigenvalue weighted by Gasteiger charge is 2.69. The van der Waals surface area contributed by atoms with Gasteiger partial charge in [-0.1, -0.05) is 13.8 Å². The molecule has 0 heterocycles. The smallest absolute Gasteiger partial charge is 0.446 e. The van der Waals surface area contributed by atoms with Crippen molar-refractivity contribution < 1.29 is 46.5 Å². The number of Topliss-reactive ketones (excluding diaryl/α,β-unsaturated/α-hetero) is 1. The van der Waals surface area contributed by atoms with Gasteiger partial charge in [0, 0.05) is 5.92 Å². The molecule has 24 heavy (non-hydrogen) atoms. The van der Waals surface area contributed by atoms with Gasteiger partial charge in [-0.15, -0.1) is 0 Å². The predicted molar refractivity (Wildman–Crippen MR) is 69.2 cm³/mol. The van der Waals surface area contributed by atoms with Gasteiger partial charge in [0.25, 0.3) is 0 Å². The monoisotopic (exact) mass is 375 g/mol. The van der Waals surface area contributed by atoms with Crippen LogP contribution in [0.25, 0.3) is 0 Å². The quantitative estimate of drug-likeness (QED) is 0.239. The normalized spacial score (nSPS) is 34.2. The molecule has 138 valence electrons. The van der Waals surface area contributed by atoms with Crippen LogP contribution < -0.4 is 5.26 Å². The molecular formula is C13H15F4O6S-. The Labute approximate surface area is 138 Å². The molecular weight excluding hydrogens is 360 g/mol. The highest BCUT2D eigenvalue weighted by Crippen LogP contribution is 2.61. The third-order valence-corrected chi connectivity index (χ3v) is 5.82. The topological polar surface area (TPSA) is 84.9 Å². The number of hydrogen-bond acceptors (Lipinski definition) is 7. The lowest BCUT2D eigenvalue weighted by molar-refractivity contribution is -0.777. The molecule has 0 saturated heterocycles. The molecule has 6 nitrogen and oxygen atoms in total. The van der Waals surface area contributed by atoms with Crippen LogP contribution in [-0.4, -0.2) is 28.5 Å². The molecule has 11 heteroatoms. The Hall–Kier alpha value is -0.910. The zero-order valence-electron chi connectivity index (χ0n) is 12.9. The summed E-state index contributed by atoms with van der Waals surface area (Å²) < 4.78 is 60.6. The van der Waals surface area contributed by atoms with Crippen LogP contribution in [0.15, 0.2) is 0 Å². The summed E-state index contributed by atoms with van der Waals surface area (Å²) in [6.07, 6.45) is -5.19. The van der Waals surface area contributed by atoms with E-state index in [0.29, 0.717) is 6.42 Å². The van der Waals surface area contributed by atoms with E-state index in [2.05, 4.69) is 14.1 Å². The Bertz CT molecular complexity index is 553. The van der Waals surface area contributed by atoms with Crippen LogP contribution in [0, 0.1) is 17.3 Å². The summed E-state index contributed by atoms with van der Waals surface area (Å²) >= 11 is -1.17. The Kier molecular flexibility index (Phi) is 4.71. The molecule has 0 aliphatic heterocycles. The number of rotatable bonds is 5. The number of halogens is 4. The van der Waals surface area contributed by atoms with Crippen LogP contribution in [0.4, 0.5) is 17.6 Å². The highest BCUT2D eigenvalue weighted by molar-refractivity contribution is 7.96. The molecule has 3 fully saturated rings. The van der Waals surface area contributed by atoms with Crippen molar-refractivity contribution in [2.75, 3.05) is 0 Å². The summed E-state index contributed by atoms with van der Waals surface area (Å²) in [5.74, 6) is -3.42. The third kappa shape index (κ3) is 2.80. The van der Waals surface area contributed by atoms with Crippen LogP contribution in [0.2, 0.25) is 0 Å². The van der Waals surface area contributed by atoms with Crippen LogP contribution in [0.5, 0.6) is 0 Å². The van der Waals surface area contributed by atoms with Crippen LogP contribution in [0.3, 0.4) is 0 Å². The average Bonchev–Trinajstić information content (AvgIpc) is 2.45. The summed E-state index contributed by atoms with van der Waals surface area (Å²) in [6.45, 7) is 4.85. The van der Waals surface area contributed by atoms with Gasteiger partial charge in [-0.25, -0.2) is 9.18 Å². The summed E-state index contributed by atoms with van der Waals surface area (Å²) in [7, 11) is 0. The van der Waals surface area contributed by atoms with E-state index in [-0.39, 0.29) is 17.8 Å². The van der Waals surface area contributed by atoms with E-state index in [1.807, 2.05) is 13.8 Å². The Morgan fingerprint density at radius 3 is 2.29 bits per heavy atom. The molecule has 0 amide bonds. The standard InChI is InChI=1S/C13H16F4O6S/c1-10(2)6-4-7(10)8(18)11(3,5-6)21-9(19)12(14,13(15,16)17)24-23-22-20/h6-7,20H,4-5H2,1-3H3/p-1. The van der Waals surface area contributed by atoms with E-state index in [1.165, 1.54) is 0 Å². The van der Waals surface area contributed by atoms with E-state index in [9.17, 15) is 32.4 Å². The average molecular weight is 375 g/mol. The second-order valence-electron chi connectivity index (χ2n) is 6.81. The highest BCUT2D eigenvalue weighted by atomic mass is 32.2. The van der Waals surface area contributed by atoms with Gasteiger partial charge in [-0.3, -0.25) is 9.83 Å². The summed E-state index contributed by atoms with van der Waals surface area (Å²) in [5.41, 5.74) is -2.20. The number of ether oxygens (including phenoxy) is 1. The fourth-order valence-electron chi connectivity index (χ4n) is 3.37. The van der Waals surface area contributed by atoms with Crippen molar-refractivity contribution in [3.8, 4) is 0 Å². The minimum absolute atomic E-state index is 0.00140. The zero-order valence-corrected chi connectivity index (χ0v) is 13.8. The largest absolute Gasteiger partial charge is 0.691 e. The SMILES string of the molecule is CC1(OC(=O)C(F)(SOO[O-])C(F)(F)F)CC2CC(C1=O)C2(C)C. The van der Waals surface area contributed by atoms with Crippen molar-refractivity contribution in [3.63, 3.8) is 0 Å². The second-order valence-corrected chi connectivity index (χ2v) is 7.67. The molecule has 3 aliphatic rings. The first kappa shape index (κ1) is 19.4. The van der Waals surface area contributed by atoms with Gasteiger partial charge in [0.15, 0.2) is 11.4 Å². The molecule has 4 unspecified atom stereocenters. The van der Waals surface area contributed by atoms with Crippen molar-refractivity contribution in [1.82, 2.24) is 0 Å². The van der Waals surface area contributed by atoms with E-state index in [0.717, 1.165) is 6.92 Å². The lowest BCUT2D eigenvalue weighted by Gasteiger charge is -2.59. The van der Waals surface area contributed by atoms with Crippen molar-refractivity contribution in [3.05, 3.63) is 0 Å². The van der Waals surface area contributed by atoms with Gasteiger partial charge >= 0.3 is 17.1 Å².